The van der Waals surface area contributed by atoms with Gasteiger partial charge in [0, 0.05) is 12.7 Å². The Labute approximate surface area is 133 Å². The van der Waals surface area contributed by atoms with Crippen LogP contribution in [0, 0.1) is 0 Å². The van der Waals surface area contributed by atoms with Gasteiger partial charge >= 0.3 is 0 Å². The molecule has 3 N–H and O–H groups in total. The zero-order valence-electron chi connectivity index (χ0n) is 12.0. The number of halogens is 1. The van der Waals surface area contributed by atoms with Gasteiger partial charge in [0.25, 0.3) is 5.91 Å². The van der Waals surface area contributed by atoms with Gasteiger partial charge in [0.2, 0.25) is 5.91 Å². The second-order valence-electron chi connectivity index (χ2n) is 4.51. The summed E-state index contributed by atoms with van der Waals surface area (Å²) in [4.78, 5) is 23.7. The summed E-state index contributed by atoms with van der Waals surface area (Å²) in [6.07, 6.45) is 0. The van der Waals surface area contributed by atoms with Crippen molar-refractivity contribution >= 4 is 34.8 Å². The molecule has 0 heterocycles. The highest BCUT2D eigenvalue weighted by Gasteiger charge is 2.10. The summed E-state index contributed by atoms with van der Waals surface area (Å²) in [7, 11) is 1.56. The van der Waals surface area contributed by atoms with Crippen molar-refractivity contribution in [3.63, 3.8) is 0 Å². The molecule has 2 amide bonds. The van der Waals surface area contributed by atoms with Gasteiger partial charge in [0.05, 0.1) is 22.8 Å². The van der Waals surface area contributed by atoms with Crippen LogP contribution in [0.4, 0.5) is 11.4 Å². The molecule has 0 atom stereocenters. The van der Waals surface area contributed by atoms with Crippen LogP contribution in [-0.2, 0) is 4.79 Å². The van der Waals surface area contributed by atoms with E-state index >= 15 is 0 Å². The van der Waals surface area contributed by atoms with Crippen molar-refractivity contribution in [2.24, 2.45) is 0 Å². The summed E-state index contributed by atoms with van der Waals surface area (Å²) in [5.74, 6) is -0.463. The second-order valence-corrected chi connectivity index (χ2v) is 4.91. The zero-order chi connectivity index (χ0) is 15.9. The number of para-hydroxylation sites is 2. The normalized spacial score (nSPS) is 9.91. The molecule has 0 spiro atoms. The van der Waals surface area contributed by atoms with Crippen molar-refractivity contribution in [1.29, 1.82) is 0 Å². The molecule has 0 bridgehead atoms. The van der Waals surface area contributed by atoms with Gasteiger partial charge in [0.1, 0.15) is 0 Å². The van der Waals surface area contributed by atoms with E-state index in [0.717, 1.165) is 0 Å². The Kier molecular flexibility index (Phi) is 5.38. The van der Waals surface area contributed by atoms with Crippen LogP contribution >= 0.6 is 11.6 Å². The van der Waals surface area contributed by atoms with Gasteiger partial charge in [-0.15, -0.1) is 0 Å². The number of rotatable bonds is 5. The molecule has 0 saturated carbocycles. The fourth-order valence-corrected chi connectivity index (χ4v) is 2.09. The molecule has 0 unspecified atom stereocenters. The first-order valence-corrected chi connectivity index (χ1v) is 7.09. The zero-order valence-corrected chi connectivity index (χ0v) is 12.8. The average molecular weight is 318 g/mol. The fraction of sp³-hybridized carbons (Fsp3) is 0.125. The first kappa shape index (κ1) is 15.9. The van der Waals surface area contributed by atoms with Crippen LogP contribution in [0.3, 0.4) is 0 Å². The highest BCUT2D eigenvalue weighted by molar-refractivity contribution is 6.33. The second kappa shape index (κ2) is 7.47. The lowest BCUT2D eigenvalue weighted by Gasteiger charge is -2.11. The van der Waals surface area contributed by atoms with Crippen molar-refractivity contribution in [3.8, 4) is 0 Å². The van der Waals surface area contributed by atoms with Crippen LogP contribution in [0.2, 0.25) is 5.02 Å². The Hall–Kier alpha value is -2.53. The minimum absolute atomic E-state index is 0.0270. The lowest BCUT2D eigenvalue weighted by molar-refractivity contribution is -0.114. The third-order valence-corrected chi connectivity index (χ3v) is 3.32. The largest absolute Gasteiger partial charge is 0.376 e. The van der Waals surface area contributed by atoms with E-state index in [1.807, 2.05) is 0 Å². The Balaban J connectivity index is 2.00. The molecule has 2 aromatic carbocycles. The van der Waals surface area contributed by atoms with Crippen LogP contribution < -0.4 is 16.0 Å². The third-order valence-electron chi connectivity index (χ3n) is 2.99. The van der Waals surface area contributed by atoms with E-state index in [4.69, 9.17) is 11.6 Å². The molecule has 5 nitrogen and oxygen atoms in total. The number of amides is 2. The van der Waals surface area contributed by atoms with Crippen LogP contribution in [-0.4, -0.2) is 25.4 Å². The van der Waals surface area contributed by atoms with Crippen LogP contribution in [0.25, 0.3) is 0 Å². The molecule has 0 aliphatic rings. The maximum Gasteiger partial charge on any atom is 0.253 e. The Morgan fingerprint density at radius 1 is 1.00 bits per heavy atom. The number of carbonyl (C=O) groups excluding carboxylic acids is 2. The van der Waals surface area contributed by atoms with Gasteiger partial charge in [-0.3, -0.25) is 9.59 Å². The Bertz CT molecular complexity index is 689. The lowest BCUT2D eigenvalue weighted by atomic mass is 10.1. The van der Waals surface area contributed by atoms with Gasteiger partial charge in [-0.2, -0.15) is 0 Å². The van der Waals surface area contributed by atoms with Crippen molar-refractivity contribution in [3.05, 3.63) is 59.1 Å². The van der Waals surface area contributed by atoms with Crippen LogP contribution in [0.1, 0.15) is 10.4 Å². The molecule has 0 aliphatic carbocycles. The molecule has 2 aromatic rings. The molecular weight excluding hydrogens is 302 g/mol. The Morgan fingerprint density at radius 3 is 2.32 bits per heavy atom. The fourth-order valence-electron chi connectivity index (χ4n) is 1.90. The maximum absolute atomic E-state index is 12.0. The standard InChI is InChI=1S/C16H16ClN3O2/c1-18-16(22)11-6-2-4-8-13(11)19-10-15(21)20-14-9-5-3-7-12(14)17/h2-9,19H,10H2,1H3,(H,18,22)(H,20,21). The predicted octanol–water partition coefficient (Wildman–Crippen LogP) is 2.75. The molecule has 0 saturated heterocycles. The molecular formula is C16H16ClN3O2. The van der Waals surface area contributed by atoms with Crippen molar-refractivity contribution in [1.82, 2.24) is 5.32 Å². The number of hydrogen-bond acceptors (Lipinski definition) is 3. The predicted molar refractivity (Wildman–Crippen MR) is 88.4 cm³/mol. The molecule has 22 heavy (non-hydrogen) atoms. The van der Waals surface area contributed by atoms with E-state index in [9.17, 15) is 9.59 Å². The molecule has 0 aromatic heterocycles. The molecule has 0 fully saturated rings. The lowest BCUT2D eigenvalue weighted by Crippen LogP contribution is -2.24. The molecule has 0 radical (unpaired) electrons. The highest BCUT2D eigenvalue weighted by Crippen LogP contribution is 2.20. The smallest absolute Gasteiger partial charge is 0.253 e. The van der Waals surface area contributed by atoms with E-state index in [2.05, 4.69) is 16.0 Å². The summed E-state index contributed by atoms with van der Waals surface area (Å²) in [6.45, 7) is 0.0270. The molecule has 114 valence electrons. The van der Waals surface area contributed by atoms with Crippen LogP contribution in [0.5, 0.6) is 0 Å². The molecule has 6 heteroatoms. The first-order valence-electron chi connectivity index (χ1n) is 6.71. The maximum atomic E-state index is 12.0. The van der Waals surface area contributed by atoms with Crippen molar-refractivity contribution < 1.29 is 9.59 Å². The quantitative estimate of drug-likeness (QED) is 0.794. The van der Waals surface area contributed by atoms with Crippen molar-refractivity contribution in [2.75, 3.05) is 24.2 Å². The minimum atomic E-state index is -0.250. The third kappa shape index (κ3) is 3.99. The summed E-state index contributed by atoms with van der Waals surface area (Å²) in [6, 6.07) is 14.0. The van der Waals surface area contributed by atoms with Gasteiger partial charge in [-0.1, -0.05) is 35.9 Å². The minimum Gasteiger partial charge on any atom is -0.376 e. The highest BCUT2D eigenvalue weighted by atomic mass is 35.5. The Morgan fingerprint density at radius 2 is 1.64 bits per heavy atom. The summed E-state index contributed by atoms with van der Waals surface area (Å²) in [5, 5.41) is 8.69. The number of benzene rings is 2. The van der Waals surface area contributed by atoms with Gasteiger partial charge in [0.15, 0.2) is 0 Å². The van der Waals surface area contributed by atoms with E-state index in [-0.39, 0.29) is 18.4 Å². The average Bonchev–Trinajstić information content (AvgIpc) is 2.54. The number of hydrogen-bond donors (Lipinski definition) is 3. The van der Waals surface area contributed by atoms with Gasteiger partial charge in [-0.05, 0) is 24.3 Å². The van der Waals surface area contributed by atoms with E-state index in [1.54, 1.807) is 55.6 Å². The number of carbonyl (C=O) groups is 2. The van der Waals surface area contributed by atoms with E-state index in [0.29, 0.717) is 22.0 Å². The number of anilines is 2. The topological polar surface area (TPSA) is 70.2 Å². The summed E-state index contributed by atoms with van der Waals surface area (Å²) in [5.41, 5.74) is 1.63. The SMILES string of the molecule is CNC(=O)c1ccccc1NCC(=O)Nc1ccccc1Cl. The number of nitrogens with one attached hydrogen (secondary N) is 3. The van der Waals surface area contributed by atoms with Crippen molar-refractivity contribution in [2.45, 2.75) is 0 Å². The van der Waals surface area contributed by atoms with E-state index < -0.39 is 0 Å². The van der Waals surface area contributed by atoms with Gasteiger partial charge in [-0.25, -0.2) is 0 Å². The summed E-state index contributed by atoms with van der Waals surface area (Å²) < 4.78 is 0. The summed E-state index contributed by atoms with van der Waals surface area (Å²) >= 11 is 5.98. The molecule has 2 rings (SSSR count). The monoisotopic (exact) mass is 317 g/mol. The van der Waals surface area contributed by atoms with Crippen LogP contribution in [0.15, 0.2) is 48.5 Å². The van der Waals surface area contributed by atoms with E-state index in [1.165, 1.54) is 0 Å². The van der Waals surface area contributed by atoms with Gasteiger partial charge < -0.3 is 16.0 Å². The first-order chi connectivity index (χ1) is 10.6. The molecule has 0 aliphatic heterocycles.